The molecule has 9 heteroatoms. The van der Waals surface area contributed by atoms with Crippen molar-refractivity contribution < 1.29 is 8.42 Å². The van der Waals surface area contributed by atoms with Gasteiger partial charge in [-0.15, -0.1) is 11.3 Å². The molecule has 0 saturated carbocycles. The van der Waals surface area contributed by atoms with E-state index >= 15 is 0 Å². The predicted octanol–water partition coefficient (Wildman–Crippen LogP) is 3.18. The fourth-order valence-electron chi connectivity index (χ4n) is 1.83. The highest BCUT2D eigenvalue weighted by Crippen LogP contribution is 2.25. The van der Waals surface area contributed by atoms with Crippen molar-refractivity contribution in [2.75, 3.05) is 0 Å². The third-order valence-electron chi connectivity index (χ3n) is 2.81. The Labute approximate surface area is 135 Å². The Morgan fingerprint density at radius 2 is 1.95 bits per heavy atom. The van der Waals surface area contributed by atoms with Crippen LogP contribution in [0.15, 0.2) is 40.9 Å². The zero-order valence-corrected chi connectivity index (χ0v) is 13.6. The van der Waals surface area contributed by atoms with Crippen molar-refractivity contribution in [3.8, 4) is 0 Å². The van der Waals surface area contributed by atoms with Gasteiger partial charge in [-0.2, -0.15) is 0 Å². The smallest absolute Gasteiger partial charge is 0.260 e. The molecule has 0 amide bonds. The Kier molecular flexibility index (Phi) is 3.94. The van der Waals surface area contributed by atoms with Gasteiger partial charge in [0.2, 0.25) is 0 Å². The van der Waals surface area contributed by atoms with Gasteiger partial charge in [-0.1, -0.05) is 35.3 Å². The number of sulfonamides is 1. The van der Waals surface area contributed by atoms with Crippen molar-refractivity contribution >= 4 is 49.5 Å². The lowest BCUT2D eigenvalue weighted by atomic mass is 10.2. The number of aromatic nitrogens is 2. The molecule has 0 aliphatic carbocycles. The van der Waals surface area contributed by atoms with Crippen molar-refractivity contribution in [2.45, 2.75) is 11.6 Å². The monoisotopic (exact) mass is 361 g/mol. The van der Waals surface area contributed by atoms with E-state index in [9.17, 15) is 8.42 Å². The average Bonchev–Trinajstić information content (AvgIpc) is 2.97. The second-order valence-corrected chi connectivity index (χ2v) is 7.56. The first-order valence-electron chi connectivity index (χ1n) is 5.82. The van der Waals surface area contributed by atoms with Crippen LogP contribution >= 0.6 is 34.5 Å². The van der Waals surface area contributed by atoms with Gasteiger partial charge in [0.15, 0.2) is 15.1 Å². The van der Waals surface area contributed by atoms with E-state index in [2.05, 4.69) is 9.71 Å². The molecule has 1 aromatic carbocycles. The number of hydrogen-bond acceptors (Lipinski definition) is 4. The Hall–Kier alpha value is -1.12. The van der Waals surface area contributed by atoms with Crippen LogP contribution in [0, 0.1) is 0 Å². The molecule has 21 heavy (non-hydrogen) atoms. The molecule has 5 nitrogen and oxygen atoms in total. The van der Waals surface area contributed by atoms with Crippen LogP contribution < -0.4 is 4.72 Å². The minimum Gasteiger partial charge on any atom is -0.279 e. The topological polar surface area (TPSA) is 63.5 Å². The first-order valence-corrected chi connectivity index (χ1v) is 8.94. The SMILES string of the molecule is O=S(=O)(NCc1ccc(Cl)cc1)c1c(Cl)nc2sccn12. The minimum atomic E-state index is -3.76. The summed E-state index contributed by atoms with van der Waals surface area (Å²) in [6.45, 7) is 0.146. The van der Waals surface area contributed by atoms with E-state index in [4.69, 9.17) is 23.2 Å². The average molecular weight is 362 g/mol. The molecule has 3 aromatic rings. The number of benzene rings is 1. The molecule has 0 saturated heterocycles. The normalized spacial score (nSPS) is 12.1. The van der Waals surface area contributed by atoms with E-state index in [-0.39, 0.29) is 16.7 Å². The molecular formula is C12H9Cl2N3O2S2. The lowest BCUT2D eigenvalue weighted by Crippen LogP contribution is -2.24. The van der Waals surface area contributed by atoms with E-state index in [1.165, 1.54) is 15.7 Å². The van der Waals surface area contributed by atoms with Crippen LogP contribution in [0.4, 0.5) is 0 Å². The third-order valence-corrected chi connectivity index (χ3v) is 5.62. The van der Waals surface area contributed by atoms with Crippen LogP contribution in [0.5, 0.6) is 0 Å². The largest absolute Gasteiger partial charge is 0.279 e. The highest BCUT2D eigenvalue weighted by molar-refractivity contribution is 7.89. The standard InChI is InChI=1S/C12H9Cl2N3O2S2/c13-9-3-1-8(2-4-9)7-15-21(18,19)11-10(14)16-12-17(11)5-6-20-12/h1-6,15H,7H2. The second-order valence-electron chi connectivity index (χ2n) is 4.21. The van der Waals surface area contributed by atoms with E-state index < -0.39 is 10.0 Å². The van der Waals surface area contributed by atoms with E-state index in [0.29, 0.717) is 9.98 Å². The number of fused-ring (bicyclic) bond motifs is 1. The molecular weight excluding hydrogens is 353 g/mol. The number of thiazole rings is 1. The van der Waals surface area contributed by atoms with Crippen LogP contribution in [0.3, 0.4) is 0 Å². The molecule has 0 aliphatic rings. The lowest BCUT2D eigenvalue weighted by Gasteiger charge is -2.06. The summed E-state index contributed by atoms with van der Waals surface area (Å²) in [6, 6.07) is 6.91. The maximum Gasteiger partial charge on any atom is 0.260 e. The van der Waals surface area contributed by atoms with E-state index in [0.717, 1.165) is 5.56 Å². The molecule has 0 radical (unpaired) electrons. The van der Waals surface area contributed by atoms with Crippen molar-refractivity contribution in [3.63, 3.8) is 0 Å². The van der Waals surface area contributed by atoms with Crippen molar-refractivity contribution in [1.29, 1.82) is 0 Å². The highest BCUT2D eigenvalue weighted by atomic mass is 35.5. The van der Waals surface area contributed by atoms with Gasteiger partial charge in [-0.3, -0.25) is 4.40 Å². The van der Waals surface area contributed by atoms with Crippen molar-refractivity contribution in [1.82, 2.24) is 14.1 Å². The Bertz CT molecular complexity index is 885. The minimum absolute atomic E-state index is 0.0366. The van der Waals surface area contributed by atoms with Crippen LogP contribution in [0.2, 0.25) is 10.2 Å². The molecule has 2 aromatic heterocycles. The maximum absolute atomic E-state index is 12.4. The number of hydrogen-bond donors (Lipinski definition) is 1. The van der Waals surface area contributed by atoms with Crippen LogP contribution in [0.25, 0.3) is 4.96 Å². The van der Waals surface area contributed by atoms with Crippen LogP contribution in [-0.4, -0.2) is 17.8 Å². The maximum atomic E-state index is 12.4. The quantitative estimate of drug-likeness (QED) is 0.775. The van der Waals surface area contributed by atoms with Crippen LogP contribution in [-0.2, 0) is 16.6 Å². The van der Waals surface area contributed by atoms with Gasteiger partial charge >= 0.3 is 0 Å². The summed E-state index contributed by atoms with van der Waals surface area (Å²) < 4.78 is 28.7. The molecule has 3 rings (SSSR count). The molecule has 0 atom stereocenters. The summed E-state index contributed by atoms with van der Waals surface area (Å²) in [5.74, 6) is 0. The molecule has 0 spiro atoms. The number of imidazole rings is 1. The molecule has 1 N–H and O–H groups in total. The Morgan fingerprint density at radius 1 is 1.24 bits per heavy atom. The second kappa shape index (κ2) is 5.58. The molecule has 2 heterocycles. The fourth-order valence-corrected chi connectivity index (χ4v) is 4.42. The van der Waals surface area contributed by atoms with E-state index in [1.807, 2.05) is 0 Å². The van der Waals surface area contributed by atoms with Gasteiger partial charge in [0, 0.05) is 23.1 Å². The summed E-state index contributed by atoms with van der Waals surface area (Å²) in [4.78, 5) is 4.55. The van der Waals surface area contributed by atoms with Gasteiger partial charge in [-0.05, 0) is 17.7 Å². The molecule has 0 aliphatic heterocycles. The zero-order chi connectivity index (χ0) is 15.0. The summed E-state index contributed by atoms with van der Waals surface area (Å²) in [5.41, 5.74) is 0.796. The number of nitrogens with zero attached hydrogens (tertiary/aromatic N) is 2. The van der Waals surface area contributed by atoms with Gasteiger partial charge in [0.1, 0.15) is 0 Å². The lowest BCUT2D eigenvalue weighted by molar-refractivity contribution is 0.576. The summed E-state index contributed by atoms with van der Waals surface area (Å²) in [6.07, 6.45) is 1.62. The Balaban J connectivity index is 1.88. The Morgan fingerprint density at radius 3 is 2.67 bits per heavy atom. The molecule has 0 fully saturated rings. The fraction of sp³-hybridized carbons (Fsp3) is 0.0833. The van der Waals surface area contributed by atoms with Gasteiger partial charge in [-0.25, -0.2) is 18.1 Å². The summed E-state index contributed by atoms with van der Waals surface area (Å²) >= 11 is 13.0. The first kappa shape index (κ1) is 14.8. The third kappa shape index (κ3) is 2.93. The highest BCUT2D eigenvalue weighted by Gasteiger charge is 2.24. The number of halogens is 2. The van der Waals surface area contributed by atoms with Crippen LogP contribution in [0.1, 0.15) is 5.56 Å². The van der Waals surface area contributed by atoms with Crippen molar-refractivity contribution in [3.05, 3.63) is 51.6 Å². The van der Waals surface area contributed by atoms with E-state index in [1.54, 1.807) is 35.8 Å². The van der Waals surface area contributed by atoms with Crippen molar-refractivity contribution in [2.24, 2.45) is 0 Å². The molecule has 0 unspecified atom stereocenters. The zero-order valence-electron chi connectivity index (χ0n) is 10.5. The summed E-state index contributed by atoms with van der Waals surface area (Å²) in [7, 11) is -3.76. The molecule has 110 valence electrons. The predicted molar refractivity (Wildman–Crippen MR) is 83.6 cm³/mol. The number of nitrogens with one attached hydrogen (secondary N) is 1. The molecule has 0 bridgehead atoms. The van der Waals surface area contributed by atoms with Gasteiger partial charge < -0.3 is 0 Å². The number of rotatable bonds is 4. The first-order chi connectivity index (χ1) is 9.97. The van der Waals surface area contributed by atoms with Gasteiger partial charge in [0.25, 0.3) is 10.0 Å². The summed E-state index contributed by atoms with van der Waals surface area (Å²) in [5, 5.41) is 2.26. The van der Waals surface area contributed by atoms with Gasteiger partial charge in [0.05, 0.1) is 0 Å².